The van der Waals surface area contributed by atoms with E-state index in [0.29, 0.717) is 17.7 Å². The Morgan fingerprint density at radius 2 is 1.64 bits per heavy atom. The molecule has 8 heteroatoms. The topological polar surface area (TPSA) is 116 Å². The van der Waals surface area contributed by atoms with Crippen LogP contribution in [0.2, 0.25) is 0 Å². The number of esters is 1. The first-order valence-corrected chi connectivity index (χ1v) is 11.9. The standard InChI is InChI=1S/C25H26N2O5S/c1-17-8-9-18(2)22(16-17)27-25(29)24(20-6-4-3-5-7-20)32-23(28)15-12-19-10-13-21(14-11-19)33(26,30)31/h3-11,13-14,16,24H,12,15H2,1-2H3,(H,27,29)(H2,26,30,31). The second-order valence-electron chi connectivity index (χ2n) is 7.78. The number of rotatable bonds is 8. The molecular formula is C25H26N2O5S. The van der Waals surface area contributed by atoms with Gasteiger partial charge in [-0.15, -0.1) is 0 Å². The van der Waals surface area contributed by atoms with E-state index in [0.717, 1.165) is 16.7 Å². The summed E-state index contributed by atoms with van der Waals surface area (Å²) in [6, 6.07) is 20.5. The van der Waals surface area contributed by atoms with E-state index in [4.69, 9.17) is 9.88 Å². The fourth-order valence-electron chi connectivity index (χ4n) is 3.25. The van der Waals surface area contributed by atoms with Crippen LogP contribution in [0.15, 0.2) is 77.7 Å². The maximum atomic E-state index is 13.1. The molecule has 0 fully saturated rings. The first kappa shape index (κ1) is 24.2. The molecule has 0 saturated heterocycles. The van der Waals surface area contributed by atoms with Gasteiger partial charge in [-0.3, -0.25) is 9.59 Å². The Kier molecular flexibility index (Phi) is 7.63. The van der Waals surface area contributed by atoms with Crippen molar-refractivity contribution < 1.29 is 22.7 Å². The van der Waals surface area contributed by atoms with Crippen LogP contribution < -0.4 is 10.5 Å². The summed E-state index contributed by atoms with van der Waals surface area (Å²) in [4.78, 5) is 25.6. The highest BCUT2D eigenvalue weighted by atomic mass is 32.2. The summed E-state index contributed by atoms with van der Waals surface area (Å²) in [6.45, 7) is 3.82. The zero-order chi connectivity index (χ0) is 24.0. The van der Waals surface area contributed by atoms with Crippen LogP contribution in [0.5, 0.6) is 0 Å². The minimum atomic E-state index is -3.77. The molecule has 3 rings (SSSR count). The number of anilines is 1. The van der Waals surface area contributed by atoms with Crippen molar-refractivity contribution in [1.82, 2.24) is 0 Å². The van der Waals surface area contributed by atoms with Gasteiger partial charge in [-0.05, 0) is 55.2 Å². The maximum absolute atomic E-state index is 13.1. The SMILES string of the molecule is Cc1ccc(C)c(NC(=O)C(OC(=O)CCc2ccc(S(N)(=O)=O)cc2)c2ccccc2)c1. The number of primary sulfonamides is 1. The van der Waals surface area contributed by atoms with Gasteiger partial charge in [-0.1, -0.05) is 54.6 Å². The molecule has 3 aromatic carbocycles. The van der Waals surface area contributed by atoms with E-state index in [1.165, 1.54) is 12.1 Å². The molecule has 0 aliphatic carbocycles. The van der Waals surface area contributed by atoms with Crippen LogP contribution in [-0.4, -0.2) is 20.3 Å². The smallest absolute Gasteiger partial charge is 0.307 e. The number of hydrogen-bond donors (Lipinski definition) is 2. The van der Waals surface area contributed by atoms with Crippen LogP contribution in [0.3, 0.4) is 0 Å². The molecule has 0 bridgehead atoms. The van der Waals surface area contributed by atoms with Crippen LogP contribution in [0, 0.1) is 13.8 Å². The van der Waals surface area contributed by atoms with Gasteiger partial charge in [-0.2, -0.15) is 0 Å². The summed E-state index contributed by atoms with van der Waals surface area (Å²) in [5.41, 5.74) is 3.86. The Labute approximate surface area is 193 Å². The van der Waals surface area contributed by atoms with Crippen molar-refractivity contribution in [2.75, 3.05) is 5.32 Å². The molecule has 0 aliphatic heterocycles. The molecule has 0 spiro atoms. The molecule has 0 saturated carbocycles. The Balaban J connectivity index is 1.70. The fraction of sp³-hybridized carbons (Fsp3) is 0.200. The number of carbonyl (C=O) groups excluding carboxylic acids is 2. The Morgan fingerprint density at radius 3 is 2.27 bits per heavy atom. The van der Waals surface area contributed by atoms with Crippen LogP contribution in [0.25, 0.3) is 0 Å². The molecule has 3 aromatic rings. The molecule has 1 amide bonds. The number of carbonyl (C=O) groups is 2. The molecule has 1 unspecified atom stereocenters. The van der Waals surface area contributed by atoms with E-state index < -0.39 is 28.0 Å². The molecule has 0 aliphatic rings. The summed E-state index contributed by atoms with van der Waals surface area (Å²) in [5, 5.41) is 7.96. The third-order valence-electron chi connectivity index (χ3n) is 5.11. The van der Waals surface area contributed by atoms with Crippen LogP contribution in [0.1, 0.15) is 34.8 Å². The number of hydrogen-bond acceptors (Lipinski definition) is 5. The maximum Gasteiger partial charge on any atom is 0.307 e. The average molecular weight is 467 g/mol. The highest BCUT2D eigenvalue weighted by molar-refractivity contribution is 7.89. The Hall–Kier alpha value is -3.49. The van der Waals surface area contributed by atoms with Gasteiger partial charge in [0.2, 0.25) is 16.1 Å². The second kappa shape index (κ2) is 10.4. The monoisotopic (exact) mass is 466 g/mol. The summed E-state index contributed by atoms with van der Waals surface area (Å²) >= 11 is 0. The van der Waals surface area contributed by atoms with Crippen LogP contribution in [0.4, 0.5) is 5.69 Å². The predicted octanol–water partition coefficient (Wildman–Crippen LogP) is 3.81. The lowest BCUT2D eigenvalue weighted by Crippen LogP contribution is -2.26. The van der Waals surface area contributed by atoms with Gasteiger partial charge in [-0.25, -0.2) is 13.6 Å². The normalized spacial score (nSPS) is 12.1. The van der Waals surface area contributed by atoms with E-state index in [9.17, 15) is 18.0 Å². The van der Waals surface area contributed by atoms with Crippen LogP contribution >= 0.6 is 0 Å². The van der Waals surface area contributed by atoms with E-state index in [2.05, 4.69) is 5.32 Å². The third-order valence-corrected chi connectivity index (χ3v) is 6.04. The number of nitrogens with one attached hydrogen (secondary N) is 1. The summed E-state index contributed by atoms with van der Waals surface area (Å²) in [7, 11) is -3.77. The van der Waals surface area contributed by atoms with Gasteiger partial charge >= 0.3 is 5.97 Å². The number of benzene rings is 3. The van der Waals surface area contributed by atoms with Gasteiger partial charge in [0.25, 0.3) is 5.91 Å². The molecular weight excluding hydrogens is 440 g/mol. The van der Waals surface area contributed by atoms with Crippen LogP contribution in [-0.2, 0) is 30.8 Å². The molecule has 0 aromatic heterocycles. The highest BCUT2D eigenvalue weighted by Gasteiger charge is 2.25. The molecule has 172 valence electrons. The summed E-state index contributed by atoms with van der Waals surface area (Å²) in [6.07, 6.45) is -0.762. The van der Waals surface area contributed by atoms with Gasteiger partial charge in [0.05, 0.1) is 4.90 Å². The molecule has 33 heavy (non-hydrogen) atoms. The summed E-state index contributed by atoms with van der Waals surface area (Å²) in [5.74, 6) is -0.990. The average Bonchev–Trinajstić information content (AvgIpc) is 2.78. The Bertz CT molecular complexity index is 1240. The molecule has 0 heterocycles. The highest BCUT2D eigenvalue weighted by Crippen LogP contribution is 2.23. The number of ether oxygens (including phenoxy) is 1. The molecule has 0 radical (unpaired) electrons. The van der Waals surface area contributed by atoms with Crippen molar-refractivity contribution in [2.45, 2.75) is 37.7 Å². The third kappa shape index (κ3) is 6.74. The first-order valence-electron chi connectivity index (χ1n) is 10.4. The Morgan fingerprint density at radius 1 is 0.970 bits per heavy atom. The number of amides is 1. The lowest BCUT2D eigenvalue weighted by atomic mass is 10.1. The van der Waals surface area contributed by atoms with Gasteiger partial charge in [0.15, 0.2) is 0 Å². The first-order chi connectivity index (χ1) is 15.6. The zero-order valence-electron chi connectivity index (χ0n) is 18.4. The van der Waals surface area contributed by atoms with E-state index in [-0.39, 0.29) is 11.3 Å². The number of aryl methyl sites for hydroxylation is 3. The van der Waals surface area contributed by atoms with Crippen molar-refractivity contribution in [2.24, 2.45) is 5.14 Å². The van der Waals surface area contributed by atoms with Crippen molar-refractivity contribution in [1.29, 1.82) is 0 Å². The largest absolute Gasteiger partial charge is 0.447 e. The molecule has 1 atom stereocenters. The predicted molar refractivity (Wildman–Crippen MR) is 126 cm³/mol. The minimum Gasteiger partial charge on any atom is -0.447 e. The van der Waals surface area contributed by atoms with Gasteiger partial charge < -0.3 is 10.1 Å². The number of sulfonamides is 1. The zero-order valence-corrected chi connectivity index (χ0v) is 19.3. The van der Waals surface area contributed by atoms with Gasteiger partial charge in [0.1, 0.15) is 0 Å². The fourth-order valence-corrected chi connectivity index (χ4v) is 3.77. The quantitative estimate of drug-likeness (QED) is 0.490. The van der Waals surface area contributed by atoms with Crippen molar-refractivity contribution in [3.8, 4) is 0 Å². The second-order valence-corrected chi connectivity index (χ2v) is 9.34. The van der Waals surface area contributed by atoms with Crippen molar-refractivity contribution in [3.05, 3.63) is 95.1 Å². The molecule has 3 N–H and O–H groups in total. The van der Waals surface area contributed by atoms with E-state index >= 15 is 0 Å². The van der Waals surface area contributed by atoms with Crippen molar-refractivity contribution >= 4 is 27.6 Å². The molecule has 7 nitrogen and oxygen atoms in total. The van der Waals surface area contributed by atoms with E-state index in [1.54, 1.807) is 36.4 Å². The van der Waals surface area contributed by atoms with Crippen molar-refractivity contribution in [3.63, 3.8) is 0 Å². The minimum absolute atomic E-state index is 0.00100. The number of nitrogens with two attached hydrogens (primary N) is 1. The summed E-state index contributed by atoms with van der Waals surface area (Å²) < 4.78 is 28.3. The van der Waals surface area contributed by atoms with Gasteiger partial charge in [0, 0.05) is 17.7 Å². The lowest BCUT2D eigenvalue weighted by Gasteiger charge is -2.19. The lowest BCUT2D eigenvalue weighted by molar-refractivity contribution is -0.154. The van der Waals surface area contributed by atoms with E-state index in [1.807, 2.05) is 38.1 Å².